The fraction of sp³-hybridized carbons (Fsp3) is 0.524. The van der Waals surface area contributed by atoms with Gasteiger partial charge in [0.2, 0.25) is 18.6 Å². The Morgan fingerprint density at radius 3 is 2.07 bits per heavy atom. The van der Waals surface area contributed by atoms with Crippen molar-refractivity contribution in [1.82, 2.24) is 9.80 Å². The molecule has 318 valence electrons. The van der Waals surface area contributed by atoms with Gasteiger partial charge in [-0.3, -0.25) is 38.6 Å². The third-order valence-corrected chi connectivity index (χ3v) is 11.5. The topological polar surface area (TPSA) is 243 Å². The molecule has 2 fully saturated rings. The highest BCUT2D eigenvalue weighted by molar-refractivity contribution is 6.32. The van der Waals surface area contributed by atoms with Crippen LogP contribution in [-0.2, 0) is 45.3 Å². The minimum atomic E-state index is -2.90. The van der Waals surface area contributed by atoms with Crippen molar-refractivity contribution < 1.29 is 58.0 Å². The lowest BCUT2D eigenvalue weighted by molar-refractivity contribution is -0.181. The zero-order valence-electron chi connectivity index (χ0n) is 35.0. The molecular formula is C42H53N5O12. The third kappa shape index (κ3) is 8.05. The molecule has 0 spiro atoms. The molecule has 5 rings (SSSR count). The van der Waals surface area contributed by atoms with Crippen molar-refractivity contribution in [2.24, 2.45) is 29.4 Å². The molecule has 2 aromatic rings. The number of hydrogen-bond acceptors (Lipinski definition) is 14. The van der Waals surface area contributed by atoms with Crippen LogP contribution in [0.25, 0.3) is 0 Å². The molecule has 0 heterocycles. The van der Waals surface area contributed by atoms with Crippen molar-refractivity contribution in [2.75, 3.05) is 51.7 Å². The van der Waals surface area contributed by atoms with Gasteiger partial charge >= 0.3 is 12.1 Å². The Hall–Kier alpha value is -5.68. The minimum absolute atomic E-state index is 0.0115. The van der Waals surface area contributed by atoms with E-state index in [2.05, 4.69) is 5.32 Å². The molecule has 6 atom stereocenters. The lowest BCUT2D eigenvalue weighted by Gasteiger charge is -2.52. The largest absolute Gasteiger partial charge is 0.505 e. The molecule has 0 radical (unpaired) electrons. The molecule has 0 bridgehead atoms. The van der Waals surface area contributed by atoms with E-state index < -0.39 is 107 Å². The summed E-state index contributed by atoms with van der Waals surface area (Å²) in [5, 5.41) is 26.1. The van der Waals surface area contributed by atoms with Gasteiger partial charge in [-0.15, -0.1) is 0 Å². The number of Topliss-reactive ketones (excluding diaryl/α,β-unsaturated/α-hetero) is 4. The molecule has 0 saturated heterocycles. The number of nitrogens with zero attached hydrogens (tertiary/aromatic N) is 3. The van der Waals surface area contributed by atoms with E-state index in [1.165, 1.54) is 25.1 Å². The Balaban J connectivity index is 1.38. The number of aliphatic hydroxyl groups is 1. The van der Waals surface area contributed by atoms with Gasteiger partial charge < -0.3 is 35.6 Å². The number of ether oxygens (including phenoxy) is 2. The maximum atomic E-state index is 14.4. The minimum Gasteiger partial charge on any atom is -0.505 e. The maximum absolute atomic E-state index is 14.4. The number of esters is 1. The Labute approximate surface area is 342 Å². The number of ketones is 4. The number of rotatable bonds is 9. The van der Waals surface area contributed by atoms with Crippen LogP contribution in [0.15, 0.2) is 30.3 Å². The second-order valence-corrected chi connectivity index (χ2v) is 17.9. The number of amides is 3. The van der Waals surface area contributed by atoms with Crippen LogP contribution >= 0.6 is 0 Å². The Morgan fingerprint density at radius 2 is 1.54 bits per heavy atom. The molecule has 17 heteroatoms. The first kappa shape index (κ1) is 44.4. The van der Waals surface area contributed by atoms with Crippen LogP contribution in [0.5, 0.6) is 5.75 Å². The van der Waals surface area contributed by atoms with E-state index in [-0.39, 0.29) is 35.1 Å². The van der Waals surface area contributed by atoms with Crippen molar-refractivity contribution in [3.8, 4) is 5.75 Å². The summed E-state index contributed by atoms with van der Waals surface area (Å²) < 4.78 is 10.4. The lowest BCUT2D eigenvalue weighted by Crippen LogP contribution is -2.74. The zero-order valence-corrected chi connectivity index (χ0v) is 35.0. The van der Waals surface area contributed by atoms with Gasteiger partial charge in [0.25, 0.3) is 0 Å². The smallest absolute Gasteiger partial charge is 0.413 e. The highest BCUT2D eigenvalue weighted by Gasteiger charge is 2.69. The quantitative estimate of drug-likeness (QED) is 0.123. The first-order valence-corrected chi connectivity index (χ1v) is 19.2. The summed E-state index contributed by atoms with van der Waals surface area (Å²) in [6, 6.07) is 7.00. The molecule has 0 aliphatic heterocycles. The van der Waals surface area contributed by atoms with Crippen molar-refractivity contribution in [3.63, 3.8) is 0 Å². The second-order valence-electron chi connectivity index (χ2n) is 17.9. The Kier molecular flexibility index (Phi) is 11.9. The number of hydrogen-bond donors (Lipinski definition) is 4. The zero-order chi connectivity index (χ0) is 44.3. The average Bonchev–Trinajstić information content (AvgIpc) is 3.11. The molecule has 3 amide bonds. The number of carbonyl (C=O) groups excluding carboxylic acids is 8. The van der Waals surface area contributed by atoms with Gasteiger partial charge in [0, 0.05) is 31.2 Å². The van der Waals surface area contributed by atoms with Crippen LogP contribution < -0.4 is 16.0 Å². The van der Waals surface area contributed by atoms with Gasteiger partial charge in [0.15, 0.2) is 34.7 Å². The van der Waals surface area contributed by atoms with E-state index in [1.54, 1.807) is 64.0 Å². The fourth-order valence-corrected chi connectivity index (χ4v) is 8.46. The first-order valence-electron chi connectivity index (χ1n) is 19.2. The molecule has 2 unspecified atom stereocenters. The molecule has 0 aromatic heterocycles. The normalized spacial score (nSPS) is 24.1. The van der Waals surface area contributed by atoms with Crippen LogP contribution in [0.4, 0.5) is 16.2 Å². The van der Waals surface area contributed by atoms with Crippen molar-refractivity contribution in [2.45, 2.75) is 77.0 Å². The number of anilines is 2. The average molecular weight is 820 g/mol. The number of likely N-dealkylation sites (N-methyl/N-ethyl adjacent to an activating group) is 1. The predicted molar refractivity (Wildman–Crippen MR) is 213 cm³/mol. The molecule has 2 aromatic carbocycles. The molecule has 3 aliphatic rings. The number of nitrogens with one attached hydrogen (secondary N) is 1. The SMILES string of the molecule is CN(C)c1cc(NC(=O)CN(C(=O)OCOC(=O)c2ccc(C(C)(C)C)cc2)C(C)(C)C)c(O)c2c1C[C@H]1C[C@H]3[C@H](N(C)C)C(=O)C(C(N)=O)C(=O)[C@@]3(O)C(=O)C1C2=O. The van der Waals surface area contributed by atoms with Gasteiger partial charge in [0.1, 0.15) is 12.3 Å². The van der Waals surface area contributed by atoms with Crippen molar-refractivity contribution in [1.29, 1.82) is 0 Å². The molecule has 17 nitrogen and oxygen atoms in total. The summed E-state index contributed by atoms with van der Waals surface area (Å²) >= 11 is 0. The number of primary amides is 1. The van der Waals surface area contributed by atoms with Gasteiger partial charge in [-0.1, -0.05) is 32.9 Å². The summed E-state index contributed by atoms with van der Waals surface area (Å²) in [5.74, 6) is -13.8. The van der Waals surface area contributed by atoms with Gasteiger partial charge in [0.05, 0.1) is 28.8 Å². The summed E-state index contributed by atoms with van der Waals surface area (Å²) in [5.41, 5.74) is 2.81. The highest BCUT2D eigenvalue weighted by Crippen LogP contribution is 2.52. The summed E-state index contributed by atoms with van der Waals surface area (Å²) in [7, 11) is 6.33. The van der Waals surface area contributed by atoms with Crippen LogP contribution in [0, 0.1) is 23.7 Å². The van der Waals surface area contributed by atoms with E-state index in [9.17, 15) is 48.6 Å². The number of benzene rings is 2. The van der Waals surface area contributed by atoms with Crippen molar-refractivity contribution in [3.05, 3.63) is 52.6 Å². The van der Waals surface area contributed by atoms with Crippen LogP contribution in [-0.4, -0.2) is 126 Å². The highest BCUT2D eigenvalue weighted by atomic mass is 16.7. The molecule has 59 heavy (non-hydrogen) atoms. The molecule has 2 saturated carbocycles. The maximum Gasteiger partial charge on any atom is 0.413 e. The third-order valence-electron chi connectivity index (χ3n) is 11.5. The van der Waals surface area contributed by atoms with E-state index >= 15 is 0 Å². The van der Waals surface area contributed by atoms with Crippen LogP contribution in [0.2, 0.25) is 0 Å². The van der Waals surface area contributed by atoms with Crippen molar-refractivity contribution >= 4 is 58.4 Å². The first-order chi connectivity index (χ1) is 27.2. The van der Waals surface area contributed by atoms with Gasteiger partial charge in [-0.05, 0) is 88.4 Å². The molecular weight excluding hydrogens is 766 g/mol. The Morgan fingerprint density at radius 1 is 0.932 bits per heavy atom. The van der Waals surface area contributed by atoms with E-state index in [4.69, 9.17) is 15.2 Å². The van der Waals surface area contributed by atoms with E-state index in [0.717, 1.165) is 10.5 Å². The number of nitrogens with two attached hydrogens (primary N) is 1. The van der Waals surface area contributed by atoms with Gasteiger partial charge in [-0.2, -0.15) is 0 Å². The number of carbonyl (C=O) groups is 8. The number of phenols is 1. The molecule has 5 N–H and O–H groups in total. The van der Waals surface area contributed by atoms with Crippen LogP contribution in [0.3, 0.4) is 0 Å². The standard InChI is InChI=1S/C42H53N5O12/c1-40(2,3)22-13-11-20(12-14-22)38(55)58-19-59-39(56)47(41(4,5)6)18-27(48)44-25-17-26(45(7)8)23-15-21-16-24-31(46(9)10)34(51)30(37(43)54)36(53)42(24,57)35(52)28(21)33(50)29(23)32(25)49/h11-14,17,21,24,28,30-31,49,57H,15-16,18-19H2,1-10H3,(H2,43,54)(H,44,48)/t21-,24-,28?,30?,31-,42-/m0/s1. The lowest BCUT2D eigenvalue weighted by atomic mass is 9.52. The van der Waals surface area contributed by atoms with Gasteiger partial charge in [-0.25, -0.2) is 9.59 Å². The predicted octanol–water partition coefficient (Wildman–Crippen LogP) is 2.22. The van der Waals surface area contributed by atoms with E-state index in [1.807, 2.05) is 20.8 Å². The van der Waals surface area contributed by atoms with Crippen LogP contribution in [0.1, 0.15) is 79.8 Å². The number of phenolic OH excluding ortho intramolecular Hbond substituents is 1. The monoisotopic (exact) mass is 819 g/mol. The number of fused-ring (bicyclic) bond motifs is 3. The summed E-state index contributed by atoms with van der Waals surface area (Å²) in [4.78, 5) is 112. The summed E-state index contributed by atoms with van der Waals surface area (Å²) in [6.45, 7) is 9.66. The fourth-order valence-electron chi connectivity index (χ4n) is 8.46. The number of aromatic hydroxyl groups is 1. The van der Waals surface area contributed by atoms with E-state index in [0.29, 0.717) is 11.3 Å². The second kappa shape index (κ2) is 15.8. The Bertz CT molecular complexity index is 2120. The summed E-state index contributed by atoms with van der Waals surface area (Å²) in [6.07, 6.45) is -1.11. The molecule has 3 aliphatic carbocycles.